The highest BCUT2D eigenvalue weighted by Gasteiger charge is 2.23. The standard InChI is InChI=1S/C20H16FN5O3/c1-2-28-25-10-14-9-16(8-13-4-3-7-22-18(13)14)29-19(20-26-24-12-27-20)17-6-5-15(21)11-23-17/h3-12,19H,2H2,1H3/b25-10+. The van der Waals surface area contributed by atoms with Crippen LogP contribution in [0.3, 0.4) is 0 Å². The first-order valence-electron chi connectivity index (χ1n) is 8.83. The molecule has 0 spiro atoms. The molecule has 0 radical (unpaired) electrons. The van der Waals surface area contributed by atoms with Crippen molar-refractivity contribution in [1.29, 1.82) is 0 Å². The number of fused-ring (bicyclic) bond motifs is 1. The van der Waals surface area contributed by atoms with E-state index in [-0.39, 0.29) is 5.89 Å². The van der Waals surface area contributed by atoms with Gasteiger partial charge in [-0.05, 0) is 37.3 Å². The number of hydrogen-bond donors (Lipinski definition) is 0. The van der Waals surface area contributed by atoms with Gasteiger partial charge in [0.25, 0.3) is 5.89 Å². The summed E-state index contributed by atoms with van der Waals surface area (Å²) in [6.45, 7) is 2.30. The quantitative estimate of drug-likeness (QED) is 0.349. The average molecular weight is 393 g/mol. The summed E-state index contributed by atoms with van der Waals surface area (Å²) in [5.41, 5.74) is 1.88. The van der Waals surface area contributed by atoms with Crippen LogP contribution in [-0.2, 0) is 4.84 Å². The molecule has 4 rings (SSSR count). The predicted molar refractivity (Wildman–Crippen MR) is 102 cm³/mol. The van der Waals surface area contributed by atoms with E-state index in [1.807, 2.05) is 25.1 Å². The molecule has 0 fully saturated rings. The van der Waals surface area contributed by atoms with Gasteiger partial charge in [0.05, 0.1) is 23.6 Å². The minimum Gasteiger partial charge on any atom is -0.474 e. The maximum absolute atomic E-state index is 13.3. The number of hydrogen-bond acceptors (Lipinski definition) is 8. The zero-order chi connectivity index (χ0) is 20.1. The van der Waals surface area contributed by atoms with Crippen molar-refractivity contribution in [1.82, 2.24) is 20.2 Å². The monoisotopic (exact) mass is 393 g/mol. The fourth-order valence-electron chi connectivity index (χ4n) is 2.74. The molecule has 8 nitrogen and oxygen atoms in total. The Morgan fingerprint density at radius 1 is 1.24 bits per heavy atom. The number of ether oxygens (including phenoxy) is 1. The Morgan fingerprint density at radius 3 is 2.93 bits per heavy atom. The van der Waals surface area contributed by atoms with Gasteiger partial charge in [-0.2, -0.15) is 0 Å². The largest absolute Gasteiger partial charge is 0.474 e. The summed E-state index contributed by atoms with van der Waals surface area (Å²) in [5.74, 6) is 0.238. The molecule has 0 N–H and O–H groups in total. The third-order valence-electron chi connectivity index (χ3n) is 3.98. The summed E-state index contributed by atoms with van der Waals surface area (Å²) >= 11 is 0. The van der Waals surface area contributed by atoms with Gasteiger partial charge in [-0.3, -0.25) is 9.97 Å². The van der Waals surface area contributed by atoms with Crippen LogP contribution >= 0.6 is 0 Å². The minimum absolute atomic E-state index is 0.194. The highest BCUT2D eigenvalue weighted by Crippen LogP contribution is 2.29. The predicted octanol–water partition coefficient (Wildman–Crippen LogP) is 3.69. The molecule has 3 heterocycles. The van der Waals surface area contributed by atoms with Gasteiger partial charge in [-0.1, -0.05) is 11.2 Å². The highest BCUT2D eigenvalue weighted by molar-refractivity contribution is 5.98. The number of oxime groups is 1. The van der Waals surface area contributed by atoms with Gasteiger partial charge in [0, 0.05) is 17.1 Å². The maximum atomic E-state index is 13.3. The van der Waals surface area contributed by atoms with E-state index in [4.69, 9.17) is 14.0 Å². The minimum atomic E-state index is -0.816. The van der Waals surface area contributed by atoms with E-state index in [2.05, 4.69) is 25.3 Å². The second kappa shape index (κ2) is 8.42. The van der Waals surface area contributed by atoms with Gasteiger partial charge < -0.3 is 14.0 Å². The number of nitrogens with zero attached hydrogens (tertiary/aromatic N) is 5. The lowest BCUT2D eigenvalue weighted by molar-refractivity contribution is 0.160. The first-order valence-corrected chi connectivity index (χ1v) is 8.83. The van der Waals surface area contributed by atoms with E-state index in [1.165, 1.54) is 18.5 Å². The molecule has 1 unspecified atom stereocenters. The Morgan fingerprint density at radius 2 is 2.17 bits per heavy atom. The van der Waals surface area contributed by atoms with Gasteiger partial charge in [0.15, 0.2) is 0 Å². The summed E-state index contributed by atoms with van der Waals surface area (Å²) in [5, 5.41) is 12.4. The zero-order valence-corrected chi connectivity index (χ0v) is 15.4. The third-order valence-corrected chi connectivity index (χ3v) is 3.98. The lowest BCUT2D eigenvalue weighted by atomic mass is 10.1. The second-order valence-corrected chi connectivity index (χ2v) is 5.92. The van der Waals surface area contributed by atoms with Crippen molar-refractivity contribution in [3.63, 3.8) is 0 Å². The van der Waals surface area contributed by atoms with Crippen LogP contribution in [0, 0.1) is 5.82 Å². The molecule has 0 saturated carbocycles. The summed E-state index contributed by atoms with van der Waals surface area (Å²) in [4.78, 5) is 13.6. The zero-order valence-electron chi connectivity index (χ0n) is 15.4. The van der Waals surface area contributed by atoms with E-state index in [0.717, 1.165) is 17.1 Å². The Kier molecular flexibility index (Phi) is 5.37. The Bertz CT molecular complexity index is 1120. The molecular formula is C20H16FN5O3. The smallest absolute Gasteiger partial charge is 0.263 e. The molecule has 1 aromatic carbocycles. The molecule has 0 amide bonds. The average Bonchev–Trinajstić information content (AvgIpc) is 3.27. The highest BCUT2D eigenvalue weighted by atomic mass is 19.1. The van der Waals surface area contributed by atoms with Crippen LogP contribution in [-0.4, -0.2) is 33.0 Å². The molecular weight excluding hydrogens is 377 g/mol. The molecule has 3 aromatic heterocycles. The van der Waals surface area contributed by atoms with E-state index >= 15 is 0 Å². The van der Waals surface area contributed by atoms with E-state index in [1.54, 1.807) is 18.5 Å². The Balaban J connectivity index is 1.75. The Hall–Kier alpha value is -3.88. The van der Waals surface area contributed by atoms with Crippen LogP contribution in [0.25, 0.3) is 10.9 Å². The van der Waals surface area contributed by atoms with Crippen LogP contribution in [0.4, 0.5) is 4.39 Å². The lowest BCUT2D eigenvalue weighted by Crippen LogP contribution is -2.12. The summed E-state index contributed by atoms with van der Waals surface area (Å²) in [6.07, 6.45) is 4.75. The number of pyridine rings is 2. The molecule has 0 aliphatic carbocycles. The molecule has 0 saturated heterocycles. The van der Waals surface area contributed by atoms with Crippen molar-refractivity contribution in [3.05, 3.63) is 78.2 Å². The van der Waals surface area contributed by atoms with E-state index in [9.17, 15) is 4.39 Å². The molecule has 9 heteroatoms. The molecule has 146 valence electrons. The van der Waals surface area contributed by atoms with Gasteiger partial charge in [0.1, 0.15) is 18.2 Å². The maximum Gasteiger partial charge on any atom is 0.263 e. The summed E-state index contributed by atoms with van der Waals surface area (Å²) in [6, 6.07) is 10.1. The molecule has 0 aliphatic rings. The SMILES string of the molecule is CCO/N=C/c1cc(OC(c2ccc(F)cn2)c2nnco2)cc2cccnc12. The van der Waals surface area contributed by atoms with Gasteiger partial charge >= 0.3 is 0 Å². The number of rotatable bonds is 7. The van der Waals surface area contributed by atoms with E-state index in [0.29, 0.717) is 23.6 Å². The summed E-state index contributed by atoms with van der Waals surface area (Å²) < 4.78 is 24.7. The van der Waals surface area contributed by atoms with Crippen LogP contribution in [0.1, 0.15) is 30.2 Å². The fourth-order valence-corrected chi connectivity index (χ4v) is 2.74. The van der Waals surface area contributed by atoms with Crippen molar-refractivity contribution in [2.75, 3.05) is 6.61 Å². The molecule has 4 aromatic rings. The number of aromatic nitrogens is 4. The van der Waals surface area contributed by atoms with Crippen LogP contribution in [0.15, 0.2) is 64.8 Å². The molecule has 29 heavy (non-hydrogen) atoms. The summed E-state index contributed by atoms with van der Waals surface area (Å²) in [7, 11) is 0. The van der Waals surface area contributed by atoms with Gasteiger partial charge in [0.2, 0.25) is 12.5 Å². The number of benzene rings is 1. The van der Waals surface area contributed by atoms with Crippen molar-refractivity contribution < 1.29 is 18.4 Å². The molecule has 0 bridgehead atoms. The van der Waals surface area contributed by atoms with Crippen molar-refractivity contribution in [2.24, 2.45) is 5.16 Å². The van der Waals surface area contributed by atoms with Crippen LogP contribution in [0.5, 0.6) is 5.75 Å². The van der Waals surface area contributed by atoms with Crippen molar-refractivity contribution in [2.45, 2.75) is 13.0 Å². The van der Waals surface area contributed by atoms with E-state index < -0.39 is 11.9 Å². The van der Waals surface area contributed by atoms with Crippen LogP contribution in [0.2, 0.25) is 0 Å². The first-order chi connectivity index (χ1) is 14.2. The Labute approximate surface area is 165 Å². The second-order valence-electron chi connectivity index (χ2n) is 5.92. The first kappa shape index (κ1) is 18.5. The van der Waals surface area contributed by atoms with Gasteiger partial charge in [-0.15, -0.1) is 10.2 Å². The van der Waals surface area contributed by atoms with Crippen molar-refractivity contribution >= 4 is 17.1 Å². The number of halogens is 1. The third kappa shape index (κ3) is 4.18. The topological polar surface area (TPSA) is 95.5 Å². The van der Waals surface area contributed by atoms with Crippen LogP contribution < -0.4 is 4.74 Å². The molecule has 1 atom stereocenters. The van der Waals surface area contributed by atoms with Crippen molar-refractivity contribution in [3.8, 4) is 5.75 Å². The lowest BCUT2D eigenvalue weighted by Gasteiger charge is -2.16. The van der Waals surface area contributed by atoms with Gasteiger partial charge in [-0.25, -0.2) is 4.39 Å². The normalized spacial score (nSPS) is 12.3. The fraction of sp³-hybridized carbons (Fsp3) is 0.150. The molecule has 0 aliphatic heterocycles.